The molecule has 1 aliphatic carbocycles. The van der Waals surface area contributed by atoms with Crippen molar-refractivity contribution in [3.63, 3.8) is 0 Å². The summed E-state index contributed by atoms with van der Waals surface area (Å²) in [5, 5.41) is 0. The Morgan fingerprint density at radius 1 is 1.33 bits per heavy atom. The number of nitrogens with one attached hydrogen (secondary N) is 1. The molecule has 0 bridgehead atoms. The Labute approximate surface area is 126 Å². The topological polar surface area (TPSA) is 62.3 Å². The van der Waals surface area contributed by atoms with Crippen LogP contribution in [0.1, 0.15) is 18.5 Å². The van der Waals surface area contributed by atoms with Crippen molar-refractivity contribution in [1.29, 1.82) is 0 Å². The lowest BCUT2D eigenvalue weighted by molar-refractivity contribution is 0.320. The maximum atomic E-state index is 11.5. The van der Waals surface area contributed by atoms with Gasteiger partial charge in [-0.3, -0.25) is 4.98 Å². The van der Waals surface area contributed by atoms with Crippen LogP contribution >= 0.6 is 0 Å². The molecule has 0 spiro atoms. The highest BCUT2D eigenvalue weighted by molar-refractivity contribution is 7.88. The molecule has 0 aromatic carbocycles. The molecule has 0 unspecified atom stereocenters. The van der Waals surface area contributed by atoms with E-state index in [2.05, 4.69) is 14.6 Å². The molecule has 2 atom stereocenters. The fraction of sp³-hybridized carbons (Fsp3) is 0.667. The molecule has 0 amide bonds. The third kappa shape index (κ3) is 4.25. The number of likely N-dealkylation sites (tertiary alicyclic amines) is 1. The SMILES string of the molecule is CS(=O)(=O)N[C@@H]1CN(CCc2ccccn2)C[C@H]1C1CC1. The lowest BCUT2D eigenvalue weighted by Gasteiger charge is -2.17. The fourth-order valence-electron chi connectivity index (χ4n) is 3.32. The number of aromatic nitrogens is 1. The van der Waals surface area contributed by atoms with Crippen LogP contribution in [-0.2, 0) is 16.4 Å². The maximum Gasteiger partial charge on any atom is 0.209 e. The molecule has 2 fully saturated rings. The van der Waals surface area contributed by atoms with Crippen LogP contribution < -0.4 is 4.72 Å². The van der Waals surface area contributed by atoms with Gasteiger partial charge in [0, 0.05) is 44.0 Å². The first-order chi connectivity index (χ1) is 10.0. The molecular formula is C15H23N3O2S. The molecule has 3 rings (SSSR count). The van der Waals surface area contributed by atoms with E-state index >= 15 is 0 Å². The molecule has 2 aliphatic rings. The summed E-state index contributed by atoms with van der Waals surface area (Å²) in [6.45, 7) is 2.77. The fourth-order valence-corrected chi connectivity index (χ4v) is 4.12. The van der Waals surface area contributed by atoms with Crippen molar-refractivity contribution in [2.45, 2.75) is 25.3 Å². The number of pyridine rings is 1. The zero-order valence-corrected chi connectivity index (χ0v) is 13.2. The van der Waals surface area contributed by atoms with Crippen LogP contribution in [0.3, 0.4) is 0 Å². The minimum atomic E-state index is -3.13. The van der Waals surface area contributed by atoms with E-state index in [0.29, 0.717) is 11.8 Å². The first kappa shape index (κ1) is 14.9. The van der Waals surface area contributed by atoms with Crippen LogP contribution in [0, 0.1) is 11.8 Å². The van der Waals surface area contributed by atoms with Crippen molar-refractivity contribution in [3.05, 3.63) is 30.1 Å². The summed E-state index contributed by atoms with van der Waals surface area (Å²) in [5.74, 6) is 1.19. The molecule has 116 valence electrons. The Balaban J connectivity index is 1.58. The monoisotopic (exact) mass is 309 g/mol. The maximum absolute atomic E-state index is 11.5. The van der Waals surface area contributed by atoms with Gasteiger partial charge in [-0.1, -0.05) is 6.07 Å². The number of sulfonamides is 1. The normalized spacial score (nSPS) is 27.1. The van der Waals surface area contributed by atoms with E-state index < -0.39 is 10.0 Å². The van der Waals surface area contributed by atoms with Gasteiger partial charge in [-0.15, -0.1) is 0 Å². The summed E-state index contributed by atoms with van der Waals surface area (Å²) in [4.78, 5) is 6.72. The molecule has 2 heterocycles. The number of hydrogen-bond acceptors (Lipinski definition) is 4. The standard InChI is InChI=1S/C15H23N3O2S/c1-21(19,20)17-15-11-18(10-14(15)12-5-6-12)9-7-13-4-2-3-8-16-13/h2-4,8,12,14-15,17H,5-7,9-11H2,1H3/t14-,15+/m0/s1. The first-order valence-electron chi connectivity index (χ1n) is 7.61. The molecule has 1 saturated heterocycles. The average Bonchev–Trinajstić information content (AvgIpc) is 3.19. The largest absolute Gasteiger partial charge is 0.301 e. The summed E-state index contributed by atoms with van der Waals surface area (Å²) < 4.78 is 25.9. The zero-order valence-electron chi connectivity index (χ0n) is 12.4. The van der Waals surface area contributed by atoms with Gasteiger partial charge in [-0.25, -0.2) is 13.1 Å². The quantitative estimate of drug-likeness (QED) is 0.847. The van der Waals surface area contributed by atoms with E-state index in [1.54, 1.807) is 0 Å². The molecule has 1 aromatic rings. The van der Waals surface area contributed by atoms with Gasteiger partial charge in [-0.2, -0.15) is 0 Å². The number of hydrogen-bond donors (Lipinski definition) is 1. The van der Waals surface area contributed by atoms with Crippen LogP contribution in [0.2, 0.25) is 0 Å². The van der Waals surface area contributed by atoms with Gasteiger partial charge >= 0.3 is 0 Å². The predicted octanol–water partition coefficient (Wildman–Crippen LogP) is 0.884. The third-order valence-corrected chi connectivity index (χ3v) is 5.17. The van der Waals surface area contributed by atoms with Crippen molar-refractivity contribution >= 4 is 10.0 Å². The highest BCUT2D eigenvalue weighted by Gasteiger charge is 2.43. The molecule has 1 aliphatic heterocycles. The Morgan fingerprint density at radius 2 is 2.14 bits per heavy atom. The summed E-state index contributed by atoms with van der Waals surface area (Å²) in [5.41, 5.74) is 1.10. The highest BCUT2D eigenvalue weighted by atomic mass is 32.2. The predicted molar refractivity (Wildman–Crippen MR) is 82.4 cm³/mol. The van der Waals surface area contributed by atoms with E-state index in [1.165, 1.54) is 19.1 Å². The molecule has 0 radical (unpaired) electrons. The van der Waals surface area contributed by atoms with Crippen LogP contribution in [0.5, 0.6) is 0 Å². The van der Waals surface area contributed by atoms with Crippen LogP contribution in [0.15, 0.2) is 24.4 Å². The molecule has 5 nitrogen and oxygen atoms in total. The Bertz CT molecular complexity index is 572. The molecule has 6 heteroatoms. The van der Waals surface area contributed by atoms with Crippen molar-refractivity contribution in [1.82, 2.24) is 14.6 Å². The molecule has 1 saturated carbocycles. The van der Waals surface area contributed by atoms with E-state index in [-0.39, 0.29) is 6.04 Å². The lowest BCUT2D eigenvalue weighted by atomic mass is 9.99. The molecule has 1 aromatic heterocycles. The molecule has 1 N–H and O–H groups in total. The van der Waals surface area contributed by atoms with E-state index in [0.717, 1.165) is 31.7 Å². The van der Waals surface area contributed by atoms with Gasteiger partial charge in [0.1, 0.15) is 0 Å². The molecule has 21 heavy (non-hydrogen) atoms. The van der Waals surface area contributed by atoms with Gasteiger partial charge in [0.2, 0.25) is 10.0 Å². The lowest BCUT2D eigenvalue weighted by Crippen LogP contribution is -2.40. The van der Waals surface area contributed by atoms with Gasteiger partial charge in [0.05, 0.1) is 6.26 Å². The van der Waals surface area contributed by atoms with Crippen LogP contribution in [0.25, 0.3) is 0 Å². The number of rotatable bonds is 6. The van der Waals surface area contributed by atoms with Crippen LogP contribution in [0.4, 0.5) is 0 Å². The average molecular weight is 309 g/mol. The summed E-state index contributed by atoms with van der Waals surface area (Å²) in [7, 11) is -3.13. The number of nitrogens with zero attached hydrogens (tertiary/aromatic N) is 2. The summed E-state index contributed by atoms with van der Waals surface area (Å²) in [6.07, 6.45) is 6.50. The van der Waals surface area contributed by atoms with E-state index in [1.807, 2.05) is 24.4 Å². The van der Waals surface area contributed by atoms with Crippen molar-refractivity contribution in [3.8, 4) is 0 Å². The second-order valence-corrected chi connectivity index (χ2v) is 8.11. The van der Waals surface area contributed by atoms with E-state index in [9.17, 15) is 8.42 Å². The van der Waals surface area contributed by atoms with Gasteiger partial charge in [0.25, 0.3) is 0 Å². The van der Waals surface area contributed by atoms with Crippen LogP contribution in [-0.4, -0.2) is 50.2 Å². The van der Waals surface area contributed by atoms with Gasteiger partial charge in [0.15, 0.2) is 0 Å². The second kappa shape index (κ2) is 6.02. The van der Waals surface area contributed by atoms with Crippen molar-refractivity contribution in [2.24, 2.45) is 11.8 Å². The van der Waals surface area contributed by atoms with E-state index in [4.69, 9.17) is 0 Å². The van der Waals surface area contributed by atoms with Crippen molar-refractivity contribution < 1.29 is 8.42 Å². The van der Waals surface area contributed by atoms with Gasteiger partial charge in [-0.05, 0) is 36.8 Å². The zero-order chi connectivity index (χ0) is 14.9. The third-order valence-electron chi connectivity index (χ3n) is 4.44. The van der Waals surface area contributed by atoms with Gasteiger partial charge < -0.3 is 4.90 Å². The summed E-state index contributed by atoms with van der Waals surface area (Å²) in [6, 6.07) is 6.05. The Morgan fingerprint density at radius 3 is 2.76 bits per heavy atom. The van der Waals surface area contributed by atoms with Crippen molar-refractivity contribution in [2.75, 3.05) is 25.9 Å². The minimum absolute atomic E-state index is 0.0798. The minimum Gasteiger partial charge on any atom is -0.301 e. The second-order valence-electron chi connectivity index (χ2n) is 6.33. The molecular weight excluding hydrogens is 286 g/mol. The smallest absolute Gasteiger partial charge is 0.209 e. The Hall–Kier alpha value is -0.980. The summed E-state index contributed by atoms with van der Waals surface area (Å²) >= 11 is 0. The Kier molecular flexibility index (Phi) is 4.28. The highest BCUT2D eigenvalue weighted by Crippen LogP contribution is 2.41. The first-order valence-corrected chi connectivity index (χ1v) is 9.50.